The second-order valence-corrected chi connectivity index (χ2v) is 6.37. The van der Waals surface area contributed by atoms with Crippen molar-refractivity contribution in [3.8, 4) is 0 Å². The monoisotopic (exact) mass is 276 g/mol. The summed E-state index contributed by atoms with van der Waals surface area (Å²) in [4.78, 5) is 2.41. The SMILES string of the molecule is CNC(c1ccccc1)C(C)CN(C)CC1CC(O)C1. The van der Waals surface area contributed by atoms with Gasteiger partial charge in [-0.25, -0.2) is 0 Å². The van der Waals surface area contributed by atoms with Gasteiger partial charge in [-0.05, 0) is 44.3 Å². The fraction of sp³-hybridized carbons (Fsp3) is 0.647. The number of aliphatic hydroxyl groups excluding tert-OH is 1. The lowest BCUT2D eigenvalue weighted by Gasteiger charge is -2.36. The third kappa shape index (κ3) is 4.05. The number of nitrogens with zero attached hydrogens (tertiary/aromatic N) is 1. The highest BCUT2D eigenvalue weighted by Gasteiger charge is 2.28. The van der Waals surface area contributed by atoms with E-state index < -0.39 is 0 Å². The summed E-state index contributed by atoms with van der Waals surface area (Å²) >= 11 is 0. The minimum Gasteiger partial charge on any atom is -0.393 e. The summed E-state index contributed by atoms with van der Waals surface area (Å²) in [6.07, 6.45) is 1.92. The molecule has 0 saturated heterocycles. The summed E-state index contributed by atoms with van der Waals surface area (Å²) < 4.78 is 0. The Morgan fingerprint density at radius 2 is 1.95 bits per heavy atom. The van der Waals surface area contributed by atoms with E-state index in [9.17, 15) is 5.11 Å². The molecule has 0 spiro atoms. The Labute approximate surface area is 123 Å². The van der Waals surface area contributed by atoms with Gasteiger partial charge < -0.3 is 15.3 Å². The van der Waals surface area contributed by atoms with Gasteiger partial charge in [-0.2, -0.15) is 0 Å². The zero-order valence-electron chi connectivity index (χ0n) is 12.9. The normalized spacial score (nSPS) is 25.2. The minimum atomic E-state index is -0.0415. The number of hydrogen-bond acceptors (Lipinski definition) is 3. The van der Waals surface area contributed by atoms with Crippen LogP contribution in [0.4, 0.5) is 0 Å². The average Bonchev–Trinajstić information content (AvgIpc) is 2.39. The quantitative estimate of drug-likeness (QED) is 0.802. The van der Waals surface area contributed by atoms with Gasteiger partial charge in [-0.3, -0.25) is 0 Å². The summed E-state index contributed by atoms with van der Waals surface area (Å²) in [5, 5.41) is 12.8. The summed E-state index contributed by atoms with van der Waals surface area (Å²) in [6, 6.07) is 11.1. The van der Waals surface area contributed by atoms with E-state index in [0.717, 1.165) is 25.9 Å². The van der Waals surface area contributed by atoms with E-state index in [-0.39, 0.29) is 6.10 Å². The molecule has 0 bridgehead atoms. The van der Waals surface area contributed by atoms with Gasteiger partial charge in [0.05, 0.1) is 6.10 Å². The minimum absolute atomic E-state index is 0.0415. The second kappa shape index (κ2) is 7.21. The molecular formula is C17H28N2O. The Kier molecular flexibility index (Phi) is 5.58. The van der Waals surface area contributed by atoms with Crippen LogP contribution in [0.1, 0.15) is 31.4 Å². The van der Waals surface area contributed by atoms with E-state index >= 15 is 0 Å². The summed E-state index contributed by atoms with van der Waals surface area (Å²) in [6.45, 7) is 4.49. The third-order valence-corrected chi connectivity index (χ3v) is 4.42. The molecule has 3 heteroatoms. The van der Waals surface area contributed by atoms with E-state index in [1.165, 1.54) is 5.56 Å². The van der Waals surface area contributed by atoms with Gasteiger partial charge in [0.15, 0.2) is 0 Å². The molecule has 1 aromatic rings. The molecule has 2 rings (SSSR count). The maximum absolute atomic E-state index is 9.36. The van der Waals surface area contributed by atoms with Gasteiger partial charge in [0.2, 0.25) is 0 Å². The third-order valence-electron chi connectivity index (χ3n) is 4.42. The van der Waals surface area contributed by atoms with Gasteiger partial charge in [0, 0.05) is 19.1 Å². The zero-order valence-corrected chi connectivity index (χ0v) is 12.9. The van der Waals surface area contributed by atoms with Crippen LogP contribution in [0.5, 0.6) is 0 Å². The van der Waals surface area contributed by atoms with Gasteiger partial charge in [-0.1, -0.05) is 37.3 Å². The summed E-state index contributed by atoms with van der Waals surface area (Å²) in [7, 11) is 4.23. The highest BCUT2D eigenvalue weighted by molar-refractivity contribution is 5.19. The maximum atomic E-state index is 9.36. The molecule has 0 aliphatic heterocycles. The topological polar surface area (TPSA) is 35.5 Å². The predicted molar refractivity (Wildman–Crippen MR) is 83.6 cm³/mol. The van der Waals surface area contributed by atoms with E-state index in [1.807, 2.05) is 7.05 Å². The van der Waals surface area contributed by atoms with Crippen molar-refractivity contribution < 1.29 is 5.11 Å². The van der Waals surface area contributed by atoms with Gasteiger partial charge >= 0.3 is 0 Å². The van der Waals surface area contributed by atoms with Gasteiger partial charge in [0.25, 0.3) is 0 Å². The lowest BCUT2D eigenvalue weighted by molar-refractivity contribution is 0.0260. The first kappa shape index (κ1) is 15.5. The van der Waals surface area contributed by atoms with E-state index in [2.05, 4.69) is 54.5 Å². The van der Waals surface area contributed by atoms with Crippen LogP contribution in [-0.2, 0) is 0 Å². The Morgan fingerprint density at radius 3 is 2.50 bits per heavy atom. The molecule has 112 valence electrons. The van der Waals surface area contributed by atoms with Crippen molar-refractivity contribution in [3.63, 3.8) is 0 Å². The molecule has 0 radical (unpaired) electrons. The highest BCUT2D eigenvalue weighted by Crippen LogP contribution is 2.28. The molecule has 3 nitrogen and oxygen atoms in total. The predicted octanol–water partition coefficient (Wildman–Crippen LogP) is 2.29. The number of aliphatic hydroxyl groups is 1. The Hall–Kier alpha value is -0.900. The van der Waals surface area contributed by atoms with E-state index in [4.69, 9.17) is 0 Å². The van der Waals surface area contributed by atoms with Crippen molar-refractivity contribution in [1.29, 1.82) is 0 Å². The van der Waals surface area contributed by atoms with Gasteiger partial charge in [0.1, 0.15) is 0 Å². The molecule has 20 heavy (non-hydrogen) atoms. The molecule has 0 amide bonds. The molecule has 2 N–H and O–H groups in total. The molecule has 1 aliphatic rings. The van der Waals surface area contributed by atoms with Crippen LogP contribution < -0.4 is 5.32 Å². The number of benzene rings is 1. The molecule has 0 heterocycles. The second-order valence-electron chi connectivity index (χ2n) is 6.37. The first-order valence-electron chi connectivity index (χ1n) is 7.69. The Balaban J connectivity index is 1.84. The molecule has 1 aromatic carbocycles. The first-order chi connectivity index (χ1) is 9.60. The van der Waals surface area contributed by atoms with Crippen molar-refractivity contribution in [2.45, 2.75) is 31.9 Å². The molecular weight excluding hydrogens is 248 g/mol. The molecule has 1 saturated carbocycles. The number of hydrogen-bond donors (Lipinski definition) is 2. The standard InChI is InChI=1S/C17H28N2O/c1-13(11-19(3)12-14-9-16(20)10-14)17(18-2)15-7-5-4-6-8-15/h4-8,13-14,16-18,20H,9-12H2,1-3H3. The maximum Gasteiger partial charge on any atom is 0.0546 e. The molecule has 2 unspecified atom stereocenters. The van der Waals surface area contributed by atoms with Crippen LogP contribution in [0.15, 0.2) is 30.3 Å². The highest BCUT2D eigenvalue weighted by atomic mass is 16.3. The largest absolute Gasteiger partial charge is 0.393 e. The molecule has 1 fully saturated rings. The van der Waals surface area contributed by atoms with Crippen molar-refractivity contribution >= 4 is 0 Å². The van der Waals surface area contributed by atoms with Crippen molar-refractivity contribution in [2.75, 3.05) is 27.2 Å². The van der Waals surface area contributed by atoms with Crippen molar-refractivity contribution in [1.82, 2.24) is 10.2 Å². The van der Waals surface area contributed by atoms with E-state index in [0.29, 0.717) is 17.9 Å². The zero-order chi connectivity index (χ0) is 14.5. The molecule has 1 aliphatic carbocycles. The summed E-state index contributed by atoms with van der Waals surface area (Å²) in [5.74, 6) is 1.24. The van der Waals surface area contributed by atoms with Crippen LogP contribution in [0.3, 0.4) is 0 Å². The fourth-order valence-corrected chi connectivity index (χ4v) is 3.40. The smallest absolute Gasteiger partial charge is 0.0546 e. The van der Waals surface area contributed by atoms with Crippen molar-refractivity contribution in [2.24, 2.45) is 11.8 Å². The van der Waals surface area contributed by atoms with Crippen LogP contribution >= 0.6 is 0 Å². The van der Waals surface area contributed by atoms with Crippen LogP contribution in [0.25, 0.3) is 0 Å². The van der Waals surface area contributed by atoms with Gasteiger partial charge in [-0.15, -0.1) is 0 Å². The number of rotatable bonds is 7. The Bertz CT molecular complexity index is 389. The van der Waals surface area contributed by atoms with Crippen molar-refractivity contribution in [3.05, 3.63) is 35.9 Å². The molecule has 0 aromatic heterocycles. The lowest BCUT2D eigenvalue weighted by Crippen LogP contribution is -2.40. The fourth-order valence-electron chi connectivity index (χ4n) is 3.40. The van der Waals surface area contributed by atoms with E-state index in [1.54, 1.807) is 0 Å². The Morgan fingerprint density at radius 1 is 1.30 bits per heavy atom. The van der Waals surface area contributed by atoms with Crippen LogP contribution in [0.2, 0.25) is 0 Å². The van der Waals surface area contributed by atoms with Crippen LogP contribution in [-0.4, -0.2) is 43.3 Å². The average molecular weight is 276 g/mol. The molecule has 2 atom stereocenters. The summed E-state index contributed by atoms with van der Waals surface area (Å²) in [5.41, 5.74) is 1.36. The lowest BCUT2D eigenvalue weighted by atomic mass is 9.82. The number of nitrogens with one attached hydrogen (secondary N) is 1. The first-order valence-corrected chi connectivity index (χ1v) is 7.69. The van der Waals surface area contributed by atoms with Crippen LogP contribution in [0, 0.1) is 11.8 Å².